The Morgan fingerprint density at radius 2 is 1.58 bits per heavy atom. The summed E-state index contributed by atoms with van der Waals surface area (Å²) in [6.07, 6.45) is -0.629. The third kappa shape index (κ3) is 3.34. The number of amides is 2. The number of aliphatic carboxylic acids is 1. The minimum Gasteiger partial charge on any atom is -0.481 e. The number of likely N-dealkylation sites (tertiary alicyclic amines) is 1. The first-order chi connectivity index (χ1) is 15.0. The highest BCUT2D eigenvalue weighted by atomic mass is 16.5. The van der Waals surface area contributed by atoms with Crippen molar-refractivity contribution in [1.29, 1.82) is 0 Å². The van der Waals surface area contributed by atoms with E-state index >= 15 is 0 Å². The number of carbonyl (C=O) groups is 3. The summed E-state index contributed by atoms with van der Waals surface area (Å²) in [6.45, 7) is 2.70. The van der Waals surface area contributed by atoms with Crippen molar-refractivity contribution >= 4 is 18.0 Å². The lowest BCUT2D eigenvalue weighted by Crippen LogP contribution is -2.47. The predicted molar refractivity (Wildman–Crippen MR) is 112 cm³/mol. The fourth-order valence-corrected chi connectivity index (χ4v) is 5.23. The van der Waals surface area contributed by atoms with Crippen molar-refractivity contribution in [2.75, 3.05) is 19.7 Å². The SMILES string of the molecule is CC(NC(=O)OCC1c2ccccc2-c2ccccc21)C(=O)N1C[C@@H]2C(C(=O)O)[C@@H]2C1. The maximum Gasteiger partial charge on any atom is 0.407 e. The lowest BCUT2D eigenvalue weighted by molar-refractivity contribution is -0.141. The minimum absolute atomic E-state index is 0.0391. The van der Waals surface area contributed by atoms with Gasteiger partial charge in [0.15, 0.2) is 0 Å². The number of carboxylic acid groups (broad SMARTS) is 1. The van der Waals surface area contributed by atoms with Gasteiger partial charge in [0.2, 0.25) is 5.91 Å². The van der Waals surface area contributed by atoms with Crippen LogP contribution in [0.2, 0.25) is 0 Å². The lowest BCUT2D eigenvalue weighted by Gasteiger charge is -2.23. The molecule has 2 unspecified atom stereocenters. The predicted octanol–water partition coefficient (Wildman–Crippen LogP) is 2.70. The molecule has 2 N–H and O–H groups in total. The summed E-state index contributed by atoms with van der Waals surface area (Å²) >= 11 is 0. The second kappa shape index (κ2) is 7.41. The van der Waals surface area contributed by atoms with Crippen LogP contribution in [0, 0.1) is 17.8 Å². The van der Waals surface area contributed by atoms with E-state index in [4.69, 9.17) is 9.84 Å². The normalized spacial score (nSPS) is 24.0. The molecule has 7 heteroatoms. The Bertz CT molecular complexity index is 1010. The fraction of sp³-hybridized carbons (Fsp3) is 0.375. The van der Waals surface area contributed by atoms with E-state index in [-0.39, 0.29) is 36.2 Å². The number of hydrogen-bond donors (Lipinski definition) is 2. The zero-order valence-electron chi connectivity index (χ0n) is 17.2. The number of carboxylic acids is 1. The van der Waals surface area contributed by atoms with Gasteiger partial charge in [-0.1, -0.05) is 48.5 Å². The monoisotopic (exact) mass is 420 g/mol. The maximum atomic E-state index is 12.6. The molecule has 0 aromatic heterocycles. The van der Waals surface area contributed by atoms with Crippen molar-refractivity contribution in [2.24, 2.45) is 17.8 Å². The van der Waals surface area contributed by atoms with E-state index in [1.165, 1.54) is 0 Å². The van der Waals surface area contributed by atoms with Crippen LogP contribution in [-0.2, 0) is 14.3 Å². The first-order valence-corrected chi connectivity index (χ1v) is 10.6. The van der Waals surface area contributed by atoms with Crippen molar-refractivity contribution in [1.82, 2.24) is 10.2 Å². The number of ether oxygens (including phenoxy) is 1. The molecule has 160 valence electrons. The van der Waals surface area contributed by atoms with Crippen LogP contribution in [0.3, 0.4) is 0 Å². The molecule has 1 saturated heterocycles. The fourth-order valence-electron chi connectivity index (χ4n) is 5.23. The Balaban J connectivity index is 1.17. The van der Waals surface area contributed by atoms with Gasteiger partial charge >= 0.3 is 12.1 Å². The third-order valence-electron chi connectivity index (χ3n) is 6.84. The molecular formula is C24H24N2O5. The van der Waals surface area contributed by atoms with Crippen LogP contribution < -0.4 is 5.32 Å². The molecule has 1 aliphatic heterocycles. The average molecular weight is 420 g/mol. The van der Waals surface area contributed by atoms with Crippen molar-refractivity contribution in [3.05, 3.63) is 59.7 Å². The van der Waals surface area contributed by atoms with Gasteiger partial charge in [-0.05, 0) is 41.0 Å². The van der Waals surface area contributed by atoms with E-state index < -0.39 is 18.1 Å². The van der Waals surface area contributed by atoms with Gasteiger partial charge in [0.25, 0.3) is 0 Å². The van der Waals surface area contributed by atoms with E-state index in [0.717, 1.165) is 22.3 Å². The molecule has 4 atom stereocenters. The summed E-state index contributed by atoms with van der Waals surface area (Å²) in [4.78, 5) is 37.7. The molecule has 1 saturated carbocycles. The first kappa shape index (κ1) is 19.6. The molecule has 0 spiro atoms. The number of fused-ring (bicyclic) bond motifs is 4. The van der Waals surface area contributed by atoms with E-state index in [0.29, 0.717) is 13.1 Å². The molecule has 3 aliphatic rings. The smallest absolute Gasteiger partial charge is 0.407 e. The Hall–Kier alpha value is -3.35. The van der Waals surface area contributed by atoms with Crippen LogP contribution in [0.15, 0.2) is 48.5 Å². The molecule has 5 rings (SSSR count). The number of benzene rings is 2. The number of nitrogens with zero attached hydrogens (tertiary/aromatic N) is 1. The van der Waals surface area contributed by atoms with Crippen molar-refractivity contribution in [3.63, 3.8) is 0 Å². The third-order valence-corrected chi connectivity index (χ3v) is 6.84. The molecule has 2 aliphatic carbocycles. The van der Waals surface area contributed by atoms with Gasteiger partial charge in [-0.3, -0.25) is 9.59 Å². The Morgan fingerprint density at radius 3 is 2.13 bits per heavy atom. The zero-order valence-corrected chi connectivity index (χ0v) is 17.2. The maximum absolute atomic E-state index is 12.6. The molecule has 2 aromatic rings. The average Bonchev–Trinajstić information content (AvgIpc) is 3.13. The van der Waals surface area contributed by atoms with Gasteiger partial charge in [0.05, 0.1) is 5.92 Å². The summed E-state index contributed by atoms with van der Waals surface area (Å²) < 4.78 is 5.50. The first-order valence-electron chi connectivity index (χ1n) is 10.6. The largest absolute Gasteiger partial charge is 0.481 e. The van der Waals surface area contributed by atoms with Gasteiger partial charge in [-0.2, -0.15) is 0 Å². The summed E-state index contributed by atoms with van der Waals surface area (Å²) in [6, 6.07) is 15.5. The van der Waals surface area contributed by atoms with Crippen LogP contribution in [0.1, 0.15) is 24.0 Å². The Labute approximate surface area is 180 Å². The van der Waals surface area contributed by atoms with E-state index in [1.807, 2.05) is 24.3 Å². The number of nitrogens with one attached hydrogen (secondary N) is 1. The molecule has 2 fully saturated rings. The number of alkyl carbamates (subject to hydrolysis) is 1. The van der Waals surface area contributed by atoms with Gasteiger partial charge < -0.3 is 20.1 Å². The van der Waals surface area contributed by atoms with Crippen molar-refractivity contribution in [2.45, 2.75) is 18.9 Å². The molecule has 0 radical (unpaired) electrons. The van der Waals surface area contributed by atoms with Crippen molar-refractivity contribution in [3.8, 4) is 11.1 Å². The number of piperidine rings is 1. The second-order valence-electron chi connectivity index (χ2n) is 8.63. The zero-order chi connectivity index (χ0) is 21.7. The van der Waals surface area contributed by atoms with Gasteiger partial charge in [-0.15, -0.1) is 0 Å². The lowest BCUT2D eigenvalue weighted by atomic mass is 9.98. The standard InChI is InChI=1S/C24H24N2O5/c1-13(22(27)26-10-18-19(11-26)21(18)23(28)29)25-24(30)31-12-20-16-8-4-2-6-14(16)15-7-3-5-9-17(15)20/h2-9,13,18-21H,10-12H2,1H3,(H,25,30)(H,28,29)/t13?,18-,19+,21?. The van der Waals surface area contributed by atoms with Gasteiger partial charge in [-0.25, -0.2) is 4.79 Å². The van der Waals surface area contributed by atoms with E-state index in [2.05, 4.69) is 29.6 Å². The molecular weight excluding hydrogens is 396 g/mol. The van der Waals surface area contributed by atoms with Crippen LogP contribution in [-0.4, -0.2) is 53.7 Å². The molecule has 7 nitrogen and oxygen atoms in total. The molecule has 2 aromatic carbocycles. The van der Waals surface area contributed by atoms with Gasteiger partial charge in [0.1, 0.15) is 12.6 Å². The van der Waals surface area contributed by atoms with Crippen LogP contribution in [0.5, 0.6) is 0 Å². The molecule has 1 heterocycles. The molecule has 2 amide bonds. The molecule has 31 heavy (non-hydrogen) atoms. The molecule has 0 bridgehead atoms. The Kier molecular flexibility index (Phi) is 4.68. The summed E-state index contributed by atoms with van der Waals surface area (Å²) in [5, 5.41) is 11.7. The Morgan fingerprint density at radius 1 is 1.03 bits per heavy atom. The highest BCUT2D eigenvalue weighted by Crippen LogP contribution is 2.51. The summed E-state index contributed by atoms with van der Waals surface area (Å²) in [7, 11) is 0. The highest BCUT2D eigenvalue weighted by Gasteiger charge is 2.60. The summed E-state index contributed by atoms with van der Waals surface area (Å²) in [5.41, 5.74) is 4.57. The summed E-state index contributed by atoms with van der Waals surface area (Å²) in [5.74, 6) is -1.26. The highest BCUT2D eigenvalue weighted by molar-refractivity contribution is 5.86. The number of hydrogen-bond acceptors (Lipinski definition) is 4. The van der Waals surface area contributed by atoms with Gasteiger partial charge in [0, 0.05) is 19.0 Å². The quantitative estimate of drug-likeness (QED) is 0.775. The van der Waals surface area contributed by atoms with Crippen LogP contribution >= 0.6 is 0 Å². The topological polar surface area (TPSA) is 95.9 Å². The minimum atomic E-state index is -0.785. The second-order valence-corrected chi connectivity index (χ2v) is 8.63. The van der Waals surface area contributed by atoms with Crippen LogP contribution in [0.4, 0.5) is 4.79 Å². The van der Waals surface area contributed by atoms with E-state index in [9.17, 15) is 14.4 Å². The van der Waals surface area contributed by atoms with E-state index in [1.54, 1.807) is 11.8 Å². The number of rotatable bonds is 5. The van der Waals surface area contributed by atoms with Crippen LogP contribution in [0.25, 0.3) is 11.1 Å². The number of carbonyl (C=O) groups excluding carboxylic acids is 2. The van der Waals surface area contributed by atoms with Crippen molar-refractivity contribution < 1.29 is 24.2 Å².